The Labute approximate surface area is 463 Å². The van der Waals surface area contributed by atoms with Crippen molar-refractivity contribution in [3.8, 4) is 0 Å². The van der Waals surface area contributed by atoms with E-state index in [-0.39, 0.29) is 31.1 Å². The van der Waals surface area contributed by atoms with Crippen molar-refractivity contribution in [2.75, 3.05) is 13.2 Å². The maximum absolute atomic E-state index is 12.9. The van der Waals surface area contributed by atoms with Crippen molar-refractivity contribution in [1.82, 2.24) is 0 Å². The number of hydrogen-bond donors (Lipinski definition) is 0. The van der Waals surface area contributed by atoms with E-state index in [4.69, 9.17) is 14.2 Å². The average molecular weight is 1040 g/mol. The van der Waals surface area contributed by atoms with Gasteiger partial charge >= 0.3 is 17.9 Å². The van der Waals surface area contributed by atoms with Gasteiger partial charge in [0, 0.05) is 19.3 Å². The van der Waals surface area contributed by atoms with Crippen LogP contribution in [0.1, 0.15) is 290 Å². The van der Waals surface area contributed by atoms with Gasteiger partial charge in [-0.1, -0.05) is 271 Å². The van der Waals surface area contributed by atoms with Crippen molar-refractivity contribution < 1.29 is 28.6 Å². The number of ether oxygens (including phenoxy) is 3. The minimum Gasteiger partial charge on any atom is -0.462 e. The predicted molar refractivity (Wildman–Crippen MR) is 325 cm³/mol. The Morgan fingerprint density at radius 2 is 0.520 bits per heavy atom. The highest BCUT2D eigenvalue weighted by molar-refractivity contribution is 5.71. The third-order valence-corrected chi connectivity index (χ3v) is 13.3. The van der Waals surface area contributed by atoms with Gasteiger partial charge in [0.1, 0.15) is 13.2 Å². The summed E-state index contributed by atoms with van der Waals surface area (Å²) in [4.78, 5) is 38.2. The smallest absolute Gasteiger partial charge is 0.306 e. The van der Waals surface area contributed by atoms with Crippen molar-refractivity contribution in [1.29, 1.82) is 0 Å². The van der Waals surface area contributed by atoms with Crippen molar-refractivity contribution in [2.24, 2.45) is 0 Å². The van der Waals surface area contributed by atoms with Crippen molar-refractivity contribution >= 4 is 17.9 Å². The van der Waals surface area contributed by atoms with E-state index in [1.54, 1.807) is 0 Å². The number of carbonyl (C=O) groups excluding carboxylic acids is 3. The number of rotatable bonds is 56. The molecular weight excluding hydrogens is 925 g/mol. The van der Waals surface area contributed by atoms with Gasteiger partial charge in [0.05, 0.1) is 0 Å². The first-order valence-electron chi connectivity index (χ1n) is 31.4. The molecule has 1 atom stereocenters. The van der Waals surface area contributed by atoms with E-state index in [1.165, 1.54) is 141 Å². The second-order valence-corrected chi connectivity index (χ2v) is 20.6. The van der Waals surface area contributed by atoms with Crippen LogP contribution in [-0.4, -0.2) is 37.2 Å². The van der Waals surface area contributed by atoms with Crippen molar-refractivity contribution in [3.05, 3.63) is 109 Å². The SMILES string of the molecule is CC/C=C\C/C=C\C/C=C\C/C=C\C/C=C\C/C=C\C/C=C\C/C=C\CCCCC(=O)OCC(COC(=O)CCCCCCCCCCCCCCC)OC(=O)CCCCCCCCC/C=C\CCCCCCCC. The first kappa shape index (κ1) is 71.1. The third kappa shape index (κ3) is 60.8. The minimum atomic E-state index is -0.799. The van der Waals surface area contributed by atoms with E-state index in [1.807, 2.05) is 0 Å². The minimum absolute atomic E-state index is 0.0921. The number of esters is 3. The number of unbranched alkanes of at least 4 members (excludes halogenated alkanes) is 27. The van der Waals surface area contributed by atoms with Gasteiger partial charge in [-0.3, -0.25) is 14.4 Å². The van der Waals surface area contributed by atoms with E-state index in [2.05, 4.69) is 130 Å². The summed E-state index contributed by atoms with van der Waals surface area (Å²) < 4.78 is 16.9. The summed E-state index contributed by atoms with van der Waals surface area (Å²) in [7, 11) is 0. The normalized spacial score (nSPS) is 12.8. The maximum Gasteiger partial charge on any atom is 0.306 e. The van der Waals surface area contributed by atoms with E-state index < -0.39 is 6.10 Å². The average Bonchev–Trinajstić information content (AvgIpc) is 3.41. The Kier molecular flexibility index (Phi) is 59.3. The Hall–Kier alpha value is -3.93. The van der Waals surface area contributed by atoms with Crippen molar-refractivity contribution in [2.45, 2.75) is 297 Å². The number of hydrogen-bond acceptors (Lipinski definition) is 6. The lowest BCUT2D eigenvalue weighted by atomic mass is 10.0. The molecule has 0 heterocycles. The third-order valence-electron chi connectivity index (χ3n) is 13.3. The Bertz CT molecular complexity index is 1520. The van der Waals surface area contributed by atoms with Crippen LogP contribution in [0.25, 0.3) is 0 Å². The van der Waals surface area contributed by atoms with Gasteiger partial charge in [-0.2, -0.15) is 0 Å². The summed E-state index contributed by atoms with van der Waals surface area (Å²) >= 11 is 0. The first-order chi connectivity index (χ1) is 37.0. The molecule has 0 aliphatic carbocycles. The van der Waals surface area contributed by atoms with Crippen LogP contribution >= 0.6 is 0 Å². The highest BCUT2D eigenvalue weighted by atomic mass is 16.6. The van der Waals surface area contributed by atoms with Gasteiger partial charge in [0.2, 0.25) is 0 Å². The Morgan fingerprint density at radius 1 is 0.280 bits per heavy atom. The van der Waals surface area contributed by atoms with Crippen LogP contribution < -0.4 is 0 Å². The monoisotopic (exact) mass is 1040 g/mol. The van der Waals surface area contributed by atoms with Crippen LogP contribution in [0.4, 0.5) is 0 Å². The quantitative estimate of drug-likeness (QED) is 0.0261. The lowest BCUT2D eigenvalue weighted by Crippen LogP contribution is -2.30. The summed E-state index contributed by atoms with van der Waals surface area (Å²) in [5.74, 6) is -0.936. The molecule has 428 valence electrons. The molecule has 0 aromatic carbocycles. The molecule has 75 heavy (non-hydrogen) atoms. The molecule has 6 nitrogen and oxygen atoms in total. The molecule has 0 saturated carbocycles. The molecule has 0 aromatic rings. The van der Waals surface area contributed by atoms with Crippen LogP contribution in [0.15, 0.2) is 109 Å². The van der Waals surface area contributed by atoms with Crippen LogP contribution in [-0.2, 0) is 28.6 Å². The van der Waals surface area contributed by atoms with E-state index in [0.29, 0.717) is 19.3 Å². The van der Waals surface area contributed by atoms with Gasteiger partial charge in [-0.15, -0.1) is 0 Å². The molecular formula is C69H116O6. The predicted octanol–water partition coefficient (Wildman–Crippen LogP) is 21.4. The van der Waals surface area contributed by atoms with Gasteiger partial charge in [-0.25, -0.2) is 0 Å². The molecule has 1 unspecified atom stereocenters. The van der Waals surface area contributed by atoms with E-state index in [0.717, 1.165) is 109 Å². The molecule has 0 aliphatic heterocycles. The van der Waals surface area contributed by atoms with Gasteiger partial charge < -0.3 is 14.2 Å². The molecule has 0 aliphatic rings. The standard InChI is InChI=1S/C69H116O6/c1-4-7-10-13-16-19-22-25-27-29-30-31-32-33-34-35-36-37-38-40-41-44-47-50-53-56-59-62-68(71)74-65-66(64-73-67(70)61-58-55-52-49-46-43-24-21-18-15-12-9-6-3)75-69(72)63-60-57-54-51-48-45-42-39-28-26-23-20-17-14-11-8-5-2/h7,10,16,19,25-28,30-31,33-34,36-37,40-41,47,50,66H,4-6,8-9,11-15,17-18,20-24,29,32,35,38-39,42-46,48-49,51-65H2,1-3H3/b10-7-,19-16-,27-25-,28-26-,31-30-,34-33-,37-36-,41-40-,50-47-. The molecule has 0 aromatic heterocycles. The highest BCUT2D eigenvalue weighted by Crippen LogP contribution is 2.15. The van der Waals surface area contributed by atoms with Gasteiger partial charge in [0.15, 0.2) is 6.10 Å². The highest BCUT2D eigenvalue weighted by Gasteiger charge is 2.19. The zero-order chi connectivity index (χ0) is 54.3. The van der Waals surface area contributed by atoms with Crippen molar-refractivity contribution in [3.63, 3.8) is 0 Å². The van der Waals surface area contributed by atoms with Crippen LogP contribution in [0.3, 0.4) is 0 Å². The number of allylic oxidation sites excluding steroid dienone is 18. The largest absolute Gasteiger partial charge is 0.462 e. The number of carbonyl (C=O) groups is 3. The molecule has 0 fully saturated rings. The van der Waals surface area contributed by atoms with Crippen LogP contribution in [0, 0.1) is 0 Å². The Morgan fingerprint density at radius 3 is 0.853 bits per heavy atom. The molecule has 0 spiro atoms. The summed E-state index contributed by atoms with van der Waals surface area (Å²) in [5, 5.41) is 0. The van der Waals surface area contributed by atoms with E-state index >= 15 is 0 Å². The summed E-state index contributed by atoms with van der Waals surface area (Å²) in [5.41, 5.74) is 0. The maximum atomic E-state index is 12.9. The van der Waals surface area contributed by atoms with Gasteiger partial charge in [0.25, 0.3) is 0 Å². The summed E-state index contributed by atoms with van der Waals surface area (Å²) in [6.07, 6.45) is 85.2. The first-order valence-corrected chi connectivity index (χ1v) is 31.4. The second kappa shape index (κ2) is 62.6. The molecule has 0 bridgehead atoms. The van der Waals surface area contributed by atoms with Crippen LogP contribution in [0.2, 0.25) is 0 Å². The summed E-state index contributed by atoms with van der Waals surface area (Å²) in [6.45, 7) is 6.50. The molecule has 0 amide bonds. The van der Waals surface area contributed by atoms with E-state index in [9.17, 15) is 14.4 Å². The molecule has 0 rings (SSSR count). The molecule has 0 radical (unpaired) electrons. The Balaban J connectivity index is 4.42. The summed E-state index contributed by atoms with van der Waals surface area (Å²) in [6, 6.07) is 0. The topological polar surface area (TPSA) is 78.9 Å². The fourth-order valence-corrected chi connectivity index (χ4v) is 8.57. The fourth-order valence-electron chi connectivity index (χ4n) is 8.57. The molecule has 0 N–H and O–H groups in total. The lowest BCUT2D eigenvalue weighted by Gasteiger charge is -2.18. The zero-order valence-corrected chi connectivity index (χ0v) is 49.0. The second-order valence-electron chi connectivity index (χ2n) is 20.6. The van der Waals surface area contributed by atoms with Crippen LogP contribution in [0.5, 0.6) is 0 Å². The zero-order valence-electron chi connectivity index (χ0n) is 49.0. The fraction of sp³-hybridized carbons (Fsp3) is 0.696. The molecule has 0 saturated heterocycles. The lowest BCUT2D eigenvalue weighted by molar-refractivity contribution is -0.167. The molecule has 6 heteroatoms. The van der Waals surface area contributed by atoms with Gasteiger partial charge in [-0.05, 0) is 109 Å².